The predicted octanol–water partition coefficient (Wildman–Crippen LogP) is 3.40. The highest BCUT2D eigenvalue weighted by atomic mass is 16.5. The number of rotatable bonds is 4. The van der Waals surface area contributed by atoms with Crippen LogP contribution in [-0.2, 0) is 6.54 Å². The Morgan fingerprint density at radius 2 is 1.91 bits per heavy atom. The van der Waals surface area contributed by atoms with E-state index >= 15 is 0 Å². The topological polar surface area (TPSA) is 41.9 Å². The van der Waals surface area contributed by atoms with E-state index in [-0.39, 0.29) is 5.75 Å². The molecule has 1 aliphatic heterocycles. The normalized spacial score (nSPS) is 13.3. The maximum atomic E-state index is 10.1. The molecule has 4 nitrogen and oxygen atoms in total. The second-order valence-corrected chi connectivity index (χ2v) is 5.94. The first-order valence-electron chi connectivity index (χ1n) is 7.55. The molecular formula is C19H21NO3. The van der Waals surface area contributed by atoms with Crippen molar-refractivity contribution in [1.82, 2.24) is 4.90 Å². The van der Waals surface area contributed by atoms with E-state index in [1.54, 1.807) is 13.2 Å². The average molecular weight is 311 g/mol. The van der Waals surface area contributed by atoms with Gasteiger partial charge in [-0.3, -0.25) is 0 Å². The van der Waals surface area contributed by atoms with Gasteiger partial charge < -0.3 is 19.5 Å². The highest BCUT2D eigenvalue weighted by molar-refractivity contribution is 5.86. The molecule has 0 fully saturated rings. The summed E-state index contributed by atoms with van der Waals surface area (Å²) in [6.45, 7) is 1.18. The average Bonchev–Trinajstić information content (AvgIpc) is 2.55. The van der Waals surface area contributed by atoms with Crippen LogP contribution in [-0.4, -0.2) is 37.8 Å². The van der Waals surface area contributed by atoms with Crippen LogP contribution < -0.4 is 9.47 Å². The van der Waals surface area contributed by atoms with Crippen molar-refractivity contribution >= 4 is 11.6 Å². The summed E-state index contributed by atoms with van der Waals surface area (Å²) in [6.07, 6.45) is 2.12. The third kappa shape index (κ3) is 3.32. The lowest BCUT2D eigenvalue weighted by Crippen LogP contribution is -2.12. The second kappa shape index (κ2) is 6.34. The van der Waals surface area contributed by atoms with Gasteiger partial charge in [0, 0.05) is 23.7 Å². The summed E-state index contributed by atoms with van der Waals surface area (Å²) in [5.41, 5.74) is 4.11. The number of hydrogen-bond donors (Lipinski definition) is 1. The predicted molar refractivity (Wildman–Crippen MR) is 91.9 cm³/mol. The van der Waals surface area contributed by atoms with Gasteiger partial charge in [-0.1, -0.05) is 12.1 Å². The van der Waals surface area contributed by atoms with E-state index in [1.807, 2.05) is 49.3 Å². The van der Waals surface area contributed by atoms with Crippen LogP contribution in [0, 0.1) is 0 Å². The summed E-state index contributed by atoms with van der Waals surface area (Å²) in [5.74, 6) is 1.84. The van der Waals surface area contributed by atoms with Gasteiger partial charge in [-0.25, -0.2) is 0 Å². The first-order chi connectivity index (χ1) is 11.1. The van der Waals surface area contributed by atoms with Crippen LogP contribution in [0.1, 0.15) is 16.7 Å². The van der Waals surface area contributed by atoms with Gasteiger partial charge in [0.25, 0.3) is 0 Å². The summed E-state index contributed by atoms with van der Waals surface area (Å²) in [5, 5.41) is 10.1. The van der Waals surface area contributed by atoms with Crippen LogP contribution in [0.25, 0.3) is 11.6 Å². The quantitative estimate of drug-likeness (QED) is 0.940. The Bertz CT molecular complexity index is 733. The molecular weight excluding hydrogens is 290 g/mol. The third-order valence-corrected chi connectivity index (χ3v) is 3.87. The van der Waals surface area contributed by atoms with Crippen LogP contribution in [0.2, 0.25) is 0 Å². The fourth-order valence-corrected chi connectivity index (χ4v) is 2.69. The largest absolute Gasteiger partial charge is 0.507 e. The Labute approximate surface area is 136 Å². The van der Waals surface area contributed by atoms with Crippen LogP contribution in [0.4, 0.5) is 0 Å². The van der Waals surface area contributed by atoms with Crippen molar-refractivity contribution in [3.8, 4) is 17.2 Å². The molecule has 2 aromatic rings. The van der Waals surface area contributed by atoms with Crippen molar-refractivity contribution in [2.45, 2.75) is 6.54 Å². The number of benzene rings is 2. The van der Waals surface area contributed by atoms with Crippen molar-refractivity contribution in [2.24, 2.45) is 0 Å². The monoisotopic (exact) mass is 311 g/mol. The zero-order valence-electron chi connectivity index (χ0n) is 13.7. The molecule has 0 bridgehead atoms. The highest BCUT2D eigenvalue weighted by Gasteiger charge is 2.16. The van der Waals surface area contributed by atoms with Crippen molar-refractivity contribution in [2.75, 3.05) is 27.8 Å². The minimum Gasteiger partial charge on any atom is -0.507 e. The molecule has 1 aliphatic rings. The van der Waals surface area contributed by atoms with Gasteiger partial charge in [-0.2, -0.15) is 0 Å². The molecule has 1 N–H and O–H groups in total. The van der Waals surface area contributed by atoms with Crippen LogP contribution in [0.15, 0.2) is 36.4 Å². The van der Waals surface area contributed by atoms with Crippen molar-refractivity contribution in [3.05, 3.63) is 53.1 Å². The molecule has 0 saturated heterocycles. The summed E-state index contributed by atoms with van der Waals surface area (Å²) < 4.78 is 11.0. The molecule has 23 heavy (non-hydrogen) atoms. The molecule has 0 radical (unpaired) electrons. The van der Waals surface area contributed by atoms with E-state index in [1.165, 1.54) is 0 Å². The molecule has 3 rings (SSSR count). The van der Waals surface area contributed by atoms with Crippen LogP contribution in [0.5, 0.6) is 17.2 Å². The smallest absolute Gasteiger partial charge is 0.130 e. The molecule has 0 aliphatic carbocycles. The van der Waals surface area contributed by atoms with Crippen molar-refractivity contribution < 1.29 is 14.6 Å². The van der Waals surface area contributed by atoms with Gasteiger partial charge in [-0.05, 0) is 49.5 Å². The molecule has 2 aromatic carbocycles. The third-order valence-electron chi connectivity index (χ3n) is 3.87. The second-order valence-electron chi connectivity index (χ2n) is 5.94. The molecule has 0 aromatic heterocycles. The molecule has 1 heterocycles. The number of phenols is 1. The van der Waals surface area contributed by atoms with E-state index in [0.717, 1.165) is 33.8 Å². The van der Waals surface area contributed by atoms with E-state index < -0.39 is 0 Å². The van der Waals surface area contributed by atoms with Gasteiger partial charge in [-0.15, -0.1) is 0 Å². The number of phenolic OH excluding ortho intramolecular Hbond substituents is 1. The Morgan fingerprint density at radius 1 is 1.17 bits per heavy atom. The summed E-state index contributed by atoms with van der Waals surface area (Å²) >= 11 is 0. The van der Waals surface area contributed by atoms with Gasteiger partial charge >= 0.3 is 0 Å². The molecule has 0 atom stereocenters. The van der Waals surface area contributed by atoms with Crippen LogP contribution in [0.3, 0.4) is 0 Å². The summed E-state index contributed by atoms with van der Waals surface area (Å²) in [7, 11) is 5.62. The first kappa shape index (κ1) is 15.4. The maximum Gasteiger partial charge on any atom is 0.130 e. The van der Waals surface area contributed by atoms with Crippen molar-refractivity contribution in [1.29, 1.82) is 0 Å². The number of ether oxygens (including phenoxy) is 2. The molecule has 0 spiro atoms. The Kier molecular flexibility index (Phi) is 4.26. The maximum absolute atomic E-state index is 10.1. The highest BCUT2D eigenvalue weighted by Crippen LogP contribution is 2.35. The van der Waals surface area contributed by atoms with Gasteiger partial charge in [0.1, 0.15) is 23.9 Å². The minimum absolute atomic E-state index is 0.277. The zero-order chi connectivity index (χ0) is 16.4. The van der Waals surface area contributed by atoms with E-state index in [0.29, 0.717) is 13.2 Å². The number of methoxy groups -OCH3 is 1. The lowest BCUT2D eigenvalue weighted by Gasteiger charge is -2.21. The number of nitrogens with zero attached hydrogens (tertiary/aromatic N) is 1. The summed E-state index contributed by atoms with van der Waals surface area (Å²) in [4.78, 5) is 2.03. The van der Waals surface area contributed by atoms with E-state index in [2.05, 4.69) is 6.08 Å². The van der Waals surface area contributed by atoms with Gasteiger partial charge in [0.05, 0.1) is 7.11 Å². The lowest BCUT2D eigenvalue weighted by atomic mass is 9.99. The first-order valence-corrected chi connectivity index (χ1v) is 7.55. The zero-order valence-corrected chi connectivity index (χ0v) is 13.7. The SMILES string of the molecule is COc1ccc(C2=Cc3cc(CN(C)C)c(O)cc3OC2)cc1. The van der Waals surface area contributed by atoms with Gasteiger partial charge in [0.2, 0.25) is 0 Å². The summed E-state index contributed by atoms with van der Waals surface area (Å²) in [6, 6.07) is 11.6. The Morgan fingerprint density at radius 3 is 2.57 bits per heavy atom. The van der Waals surface area contributed by atoms with Gasteiger partial charge in [0.15, 0.2) is 0 Å². The number of fused-ring (bicyclic) bond motifs is 1. The fourth-order valence-electron chi connectivity index (χ4n) is 2.69. The Balaban J connectivity index is 1.95. The Hall–Kier alpha value is -2.46. The standard InChI is InChI=1S/C19H21NO3/c1-20(2)11-15-8-14-9-16(12-23-19(14)10-18(15)21)13-4-6-17(22-3)7-5-13/h4-10,21H,11-12H2,1-3H3. The minimum atomic E-state index is 0.277. The van der Waals surface area contributed by atoms with E-state index in [9.17, 15) is 5.11 Å². The molecule has 0 unspecified atom stereocenters. The molecule has 0 amide bonds. The lowest BCUT2D eigenvalue weighted by molar-refractivity contribution is 0.357. The van der Waals surface area contributed by atoms with Crippen LogP contribution >= 0.6 is 0 Å². The molecule has 0 saturated carbocycles. The fraction of sp³-hybridized carbons (Fsp3) is 0.263. The van der Waals surface area contributed by atoms with E-state index in [4.69, 9.17) is 9.47 Å². The number of aromatic hydroxyl groups is 1. The van der Waals surface area contributed by atoms with Crippen molar-refractivity contribution in [3.63, 3.8) is 0 Å². The molecule has 4 heteroatoms. The molecule has 120 valence electrons. The number of hydrogen-bond acceptors (Lipinski definition) is 4.